The number of carbonyl (C=O) groups excluding carboxylic acids is 1. The van der Waals surface area contributed by atoms with Crippen molar-refractivity contribution in [2.75, 3.05) is 20.6 Å². The Morgan fingerprint density at radius 3 is 2.55 bits per heavy atom. The van der Waals surface area contributed by atoms with Gasteiger partial charge in [-0.15, -0.1) is 11.3 Å². The number of thiophene rings is 1. The van der Waals surface area contributed by atoms with E-state index in [1.165, 1.54) is 41.7 Å². The van der Waals surface area contributed by atoms with E-state index < -0.39 is 15.9 Å². The van der Waals surface area contributed by atoms with E-state index in [4.69, 9.17) is 0 Å². The number of carbonyl (C=O) groups is 1. The van der Waals surface area contributed by atoms with Gasteiger partial charge in [-0.1, -0.05) is 24.3 Å². The summed E-state index contributed by atoms with van der Waals surface area (Å²) in [5.74, 6) is -0.748. The van der Waals surface area contributed by atoms with Crippen LogP contribution in [-0.4, -0.2) is 39.9 Å². The summed E-state index contributed by atoms with van der Waals surface area (Å²) in [6.45, 7) is 0.428. The van der Waals surface area contributed by atoms with Gasteiger partial charge >= 0.3 is 0 Å². The van der Waals surface area contributed by atoms with E-state index in [2.05, 4.69) is 10.0 Å². The van der Waals surface area contributed by atoms with Gasteiger partial charge in [0.1, 0.15) is 5.82 Å². The highest BCUT2D eigenvalue weighted by Crippen LogP contribution is 2.19. The van der Waals surface area contributed by atoms with Crippen molar-refractivity contribution in [3.63, 3.8) is 0 Å². The minimum Gasteiger partial charge on any atom is -0.350 e. The molecule has 3 rings (SSSR count). The molecule has 0 bridgehead atoms. The summed E-state index contributed by atoms with van der Waals surface area (Å²) in [7, 11) is -0.0752. The van der Waals surface area contributed by atoms with Gasteiger partial charge in [-0.2, -0.15) is 0 Å². The normalized spacial score (nSPS) is 12.6. The van der Waals surface area contributed by atoms with Gasteiger partial charge in [0.2, 0.25) is 10.0 Å². The molecule has 3 aromatic rings. The summed E-state index contributed by atoms with van der Waals surface area (Å²) in [6.07, 6.45) is 0. The molecule has 0 saturated heterocycles. The first kappa shape index (κ1) is 23.1. The van der Waals surface area contributed by atoms with Crippen molar-refractivity contribution in [3.8, 4) is 0 Å². The van der Waals surface area contributed by atoms with Crippen molar-refractivity contribution >= 4 is 27.3 Å². The lowest BCUT2D eigenvalue weighted by Crippen LogP contribution is -2.34. The molecule has 0 aliphatic rings. The SMILES string of the molecule is CN(C)C(CNC(=O)c1cccc(S(=O)(=O)NCc2cccs2)c1)c1cccc(F)c1. The number of nitrogens with one attached hydrogen (secondary N) is 2. The second-order valence-corrected chi connectivity index (χ2v) is 9.98. The molecule has 0 spiro atoms. The van der Waals surface area contributed by atoms with Crippen molar-refractivity contribution in [2.24, 2.45) is 0 Å². The molecule has 1 atom stereocenters. The van der Waals surface area contributed by atoms with E-state index in [1.807, 2.05) is 36.5 Å². The van der Waals surface area contributed by atoms with Crippen LogP contribution in [0.2, 0.25) is 0 Å². The number of likely N-dealkylation sites (N-methyl/N-ethyl adjacent to an activating group) is 1. The summed E-state index contributed by atoms with van der Waals surface area (Å²) < 4.78 is 41.3. The van der Waals surface area contributed by atoms with Crippen LogP contribution in [0, 0.1) is 5.82 Å². The lowest BCUT2D eigenvalue weighted by Gasteiger charge is -2.25. The topological polar surface area (TPSA) is 78.5 Å². The van der Waals surface area contributed by atoms with Crippen LogP contribution < -0.4 is 10.0 Å². The molecule has 0 aliphatic carbocycles. The monoisotopic (exact) mass is 461 g/mol. The van der Waals surface area contributed by atoms with E-state index in [9.17, 15) is 17.6 Å². The fraction of sp³-hybridized carbons (Fsp3) is 0.227. The van der Waals surface area contributed by atoms with Gasteiger partial charge in [-0.3, -0.25) is 4.79 Å². The van der Waals surface area contributed by atoms with Gasteiger partial charge < -0.3 is 10.2 Å². The molecule has 1 aromatic heterocycles. The first-order chi connectivity index (χ1) is 14.8. The molecule has 1 heterocycles. The lowest BCUT2D eigenvalue weighted by molar-refractivity contribution is 0.0941. The third kappa shape index (κ3) is 6.20. The molecular weight excluding hydrogens is 437 g/mol. The molecule has 1 unspecified atom stereocenters. The first-order valence-electron chi connectivity index (χ1n) is 9.58. The number of benzene rings is 2. The minimum atomic E-state index is -3.76. The second kappa shape index (κ2) is 10.1. The molecule has 2 aromatic carbocycles. The zero-order chi connectivity index (χ0) is 22.4. The third-order valence-electron chi connectivity index (χ3n) is 4.74. The smallest absolute Gasteiger partial charge is 0.251 e. The van der Waals surface area contributed by atoms with Gasteiger partial charge in [0, 0.05) is 23.5 Å². The molecule has 164 valence electrons. The Labute approximate surface area is 185 Å². The number of rotatable bonds is 9. The summed E-state index contributed by atoms with van der Waals surface area (Å²) in [5, 5.41) is 4.69. The van der Waals surface area contributed by atoms with Crippen LogP contribution in [0.15, 0.2) is 70.9 Å². The molecular formula is C22H24FN3O3S2. The van der Waals surface area contributed by atoms with E-state index in [0.29, 0.717) is 0 Å². The molecule has 0 fully saturated rings. The van der Waals surface area contributed by atoms with Crippen molar-refractivity contribution < 1.29 is 17.6 Å². The van der Waals surface area contributed by atoms with E-state index in [0.717, 1.165) is 10.4 Å². The largest absolute Gasteiger partial charge is 0.350 e. The maximum Gasteiger partial charge on any atom is 0.251 e. The van der Waals surface area contributed by atoms with Crippen molar-refractivity contribution in [1.29, 1.82) is 0 Å². The van der Waals surface area contributed by atoms with Gasteiger partial charge in [0.05, 0.1) is 10.9 Å². The minimum absolute atomic E-state index is 0.0194. The summed E-state index contributed by atoms with van der Waals surface area (Å²) in [5.41, 5.74) is 0.968. The summed E-state index contributed by atoms with van der Waals surface area (Å²) >= 11 is 1.46. The zero-order valence-corrected chi connectivity index (χ0v) is 18.8. The van der Waals surface area contributed by atoms with Crippen LogP contribution in [0.1, 0.15) is 26.8 Å². The Kier molecular flexibility index (Phi) is 7.55. The molecule has 9 heteroatoms. The Bertz CT molecular complexity index is 1130. The highest BCUT2D eigenvalue weighted by Gasteiger charge is 2.19. The molecule has 2 N–H and O–H groups in total. The maximum absolute atomic E-state index is 13.6. The number of halogens is 1. The van der Waals surface area contributed by atoms with Crippen LogP contribution in [0.5, 0.6) is 0 Å². The second-order valence-electron chi connectivity index (χ2n) is 7.18. The lowest BCUT2D eigenvalue weighted by atomic mass is 10.1. The number of sulfonamides is 1. The van der Waals surface area contributed by atoms with E-state index in [1.54, 1.807) is 18.2 Å². The summed E-state index contributed by atoms with van der Waals surface area (Å²) in [4.78, 5) is 15.5. The van der Waals surface area contributed by atoms with Crippen LogP contribution in [0.4, 0.5) is 4.39 Å². The zero-order valence-electron chi connectivity index (χ0n) is 17.2. The van der Waals surface area contributed by atoms with Gasteiger partial charge in [-0.05, 0) is 61.4 Å². The highest BCUT2D eigenvalue weighted by molar-refractivity contribution is 7.89. The number of nitrogens with zero attached hydrogens (tertiary/aromatic N) is 1. The summed E-state index contributed by atoms with van der Waals surface area (Å²) in [6, 6.07) is 15.6. The Morgan fingerprint density at radius 2 is 1.87 bits per heavy atom. The Hall–Kier alpha value is -2.59. The number of hydrogen-bond donors (Lipinski definition) is 2. The van der Waals surface area contributed by atoms with Gasteiger partial charge in [-0.25, -0.2) is 17.5 Å². The predicted molar refractivity (Wildman–Crippen MR) is 120 cm³/mol. The molecule has 0 saturated carbocycles. The first-order valence-corrected chi connectivity index (χ1v) is 11.9. The van der Waals surface area contributed by atoms with E-state index >= 15 is 0 Å². The van der Waals surface area contributed by atoms with E-state index in [-0.39, 0.29) is 35.4 Å². The average Bonchev–Trinajstić information content (AvgIpc) is 3.26. The maximum atomic E-state index is 13.6. The average molecular weight is 462 g/mol. The van der Waals surface area contributed by atoms with Crippen molar-refractivity contribution in [2.45, 2.75) is 17.5 Å². The van der Waals surface area contributed by atoms with Crippen LogP contribution >= 0.6 is 11.3 Å². The third-order valence-corrected chi connectivity index (χ3v) is 7.01. The standard InChI is InChI=1S/C22H24FN3O3S2/c1-26(2)21(16-6-3-8-18(23)12-16)15-24-22(27)17-7-4-10-20(13-17)31(28,29)25-14-19-9-5-11-30-19/h3-13,21,25H,14-15H2,1-2H3,(H,24,27). The molecule has 0 radical (unpaired) electrons. The number of hydrogen-bond acceptors (Lipinski definition) is 5. The quantitative estimate of drug-likeness (QED) is 0.512. The van der Waals surface area contributed by atoms with Crippen LogP contribution in [0.25, 0.3) is 0 Å². The Balaban J connectivity index is 1.69. The predicted octanol–water partition coefficient (Wildman–Crippen LogP) is 3.40. The molecule has 0 aliphatic heterocycles. The van der Waals surface area contributed by atoms with Crippen molar-refractivity contribution in [3.05, 3.63) is 87.9 Å². The van der Waals surface area contributed by atoms with Crippen LogP contribution in [-0.2, 0) is 16.6 Å². The van der Waals surface area contributed by atoms with Gasteiger partial charge in [0.15, 0.2) is 0 Å². The fourth-order valence-corrected chi connectivity index (χ4v) is 4.86. The molecule has 31 heavy (non-hydrogen) atoms. The fourth-order valence-electron chi connectivity index (χ4n) is 3.07. The van der Waals surface area contributed by atoms with Crippen LogP contribution in [0.3, 0.4) is 0 Å². The van der Waals surface area contributed by atoms with Crippen molar-refractivity contribution in [1.82, 2.24) is 14.9 Å². The highest BCUT2D eigenvalue weighted by atomic mass is 32.2. The van der Waals surface area contributed by atoms with Gasteiger partial charge in [0.25, 0.3) is 5.91 Å². The Morgan fingerprint density at radius 1 is 1.10 bits per heavy atom. The molecule has 6 nitrogen and oxygen atoms in total. The number of amides is 1. The molecule has 1 amide bonds.